The van der Waals surface area contributed by atoms with Crippen LogP contribution < -0.4 is 0 Å². The largest absolute Gasteiger partial charge is 0.478 e. The first-order valence-corrected chi connectivity index (χ1v) is 5.24. The Balaban J connectivity index is 0.00000625. The second-order valence-electron chi connectivity index (χ2n) is 4.57. The van der Waals surface area contributed by atoms with Gasteiger partial charge in [-0.15, -0.1) is 4.90 Å². The van der Waals surface area contributed by atoms with Gasteiger partial charge in [0.2, 0.25) is 0 Å². The van der Waals surface area contributed by atoms with Crippen LogP contribution >= 0.6 is 0 Å². The number of carbonyl (C=O) groups is 1. The van der Waals surface area contributed by atoms with Crippen LogP contribution in [0.2, 0.25) is 0 Å². The monoisotopic (exact) mass is 448 g/mol. The van der Waals surface area contributed by atoms with E-state index in [0.717, 1.165) is 0 Å². The summed E-state index contributed by atoms with van der Waals surface area (Å²) in [5.74, 6) is -34.8. The molecule has 1 saturated heterocycles. The van der Waals surface area contributed by atoms with Gasteiger partial charge in [0.1, 0.15) is 0 Å². The molecule has 1 heterocycles. The molecular formula is C8HF14KNO2. The summed E-state index contributed by atoms with van der Waals surface area (Å²) in [6.45, 7) is 0. The van der Waals surface area contributed by atoms with E-state index in [1.54, 1.807) is 0 Å². The van der Waals surface area contributed by atoms with E-state index in [1.165, 1.54) is 0 Å². The third-order valence-electron chi connectivity index (χ3n) is 3.07. The maximum Gasteiger partial charge on any atom is 0.448 e. The van der Waals surface area contributed by atoms with E-state index in [1.807, 2.05) is 0 Å². The topological polar surface area (TPSA) is 40.5 Å². The molecule has 3 nitrogen and oxygen atoms in total. The summed E-state index contributed by atoms with van der Waals surface area (Å²) < 4.78 is 181. The molecule has 0 bridgehead atoms. The molecular weight excluding hydrogens is 447 g/mol. The number of hydrogen-bond donors (Lipinski definition) is 1. The Labute approximate surface area is 174 Å². The minimum atomic E-state index is -7.73. The van der Waals surface area contributed by atoms with E-state index in [-0.39, 0.29) is 51.4 Å². The molecule has 1 fully saturated rings. The zero-order valence-electron chi connectivity index (χ0n) is 11.6. The summed E-state index contributed by atoms with van der Waals surface area (Å²) in [6.07, 6.45) is -7.45. The SMILES string of the molecule is O=C(O)C(F)(N1C(F)(F)C(F)(F)C(F)(F)C(F)(F)C1(F)F)C(F)(F)F.[K]. The molecule has 1 rings (SSSR count). The van der Waals surface area contributed by atoms with Gasteiger partial charge in [0.15, 0.2) is 0 Å². The smallest absolute Gasteiger partial charge is 0.448 e. The van der Waals surface area contributed by atoms with Gasteiger partial charge in [0.05, 0.1) is 0 Å². The molecule has 0 amide bonds. The first-order valence-electron chi connectivity index (χ1n) is 5.24. The van der Waals surface area contributed by atoms with E-state index < -0.39 is 52.7 Å². The van der Waals surface area contributed by atoms with Gasteiger partial charge in [0.25, 0.3) is 0 Å². The molecule has 0 aromatic carbocycles. The normalized spacial score (nSPS) is 28.5. The average Bonchev–Trinajstić information content (AvgIpc) is 2.34. The molecule has 1 radical (unpaired) electrons. The first-order chi connectivity index (χ1) is 10.6. The fourth-order valence-corrected chi connectivity index (χ4v) is 1.76. The Bertz CT molecular complexity index is 558. The Morgan fingerprint density at radius 2 is 0.962 bits per heavy atom. The van der Waals surface area contributed by atoms with Gasteiger partial charge < -0.3 is 5.11 Å². The van der Waals surface area contributed by atoms with Crippen molar-refractivity contribution in [2.45, 2.75) is 41.8 Å². The summed E-state index contributed by atoms with van der Waals surface area (Å²) in [6, 6.07) is -15.4. The van der Waals surface area contributed by atoms with E-state index in [9.17, 15) is 66.3 Å². The van der Waals surface area contributed by atoms with Crippen molar-refractivity contribution in [3.05, 3.63) is 0 Å². The van der Waals surface area contributed by atoms with Gasteiger partial charge in [0, 0.05) is 51.4 Å². The molecule has 18 heteroatoms. The maximum absolute atomic E-state index is 13.6. The van der Waals surface area contributed by atoms with Crippen molar-refractivity contribution in [3.8, 4) is 0 Å². The Hall–Kier alpha value is 0.0864. The van der Waals surface area contributed by atoms with E-state index in [4.69, 9.17) is 5.11 Å². The Morgan fingerprint density at radius 3 is 1.15 bits per heavy atom. The van der Waals surface area contributed by atoms with Crippen LogP contribution in [0.5, 0.6) is 0 Å². The fraction of sp³-hybridized carbons (Fsp3) is 0.875. The molecule has 0 spiro atoms. The van der Waals surface area contributed by atoms with Crippen molar-refractivity contribution in [2.24, 2.45) is 0 Å². The average molecular weight is 448 g/mol. The zero-order valence-corrected chi connectivity index (χ0v) is 14.7. The zero-order chi connectivity index (χ0) is 20.7. The summed E-state index contributed by atoms with van der Waals surface area (Å²) in [4.78, 5) is 6.14. The standard InChI is InChI=1S/C8HF14NO2.K/c9-2(1(24)25,6(16,17)18)23-7(19,20)4(12,13)3(10,11)5(14,15)8(23,21)22;/h(H,24,25);. The second kappa shape index (κ2) is 6.29. The van der Waals surface area contributed by atoms with Crippen LogP contribution in [0.1, 0.15) is 0 Å². The number of piperidine rings is 1. The molecule has 1 unspecified atom stereocenters. The van der Waals surface area contributed by atoms with Crippen LogP contribution in [0.3, 0.4) is 0 Å². The molecule has 1 N–H and O–H groups in total. The van der Waals surface area contributed by atoms with Crippen molar-refractivity contribution in [3.63, 3.8) is 0 Å². The molecule has 1 aliphatic rings. The van der Waals surface area contributed by atoms with Crippen molar-refractivity contribution in [1.82, 2.24) is 4.90 Å². The van der Waals surface area contributed by atoms with Gasteiger partial charge >= 0.3 is 47.8 Å². The van der Waals surface area contributed by atoms with Crippen LogP contribution in [0.15, 0.2) is 0 Å². The molecule has 0 saturated carbocycles. The third kappa shape index (κ3) is 2.69. The number of nitrogens with zero attached hydrogens (tertiary/aromatic N) is 1. The predicted molar refractivity (Wildman–Crippen MR) is 49.9 cm³/mol. The number of likely N-dealkylation sites (tertiary alicyclic amines) is 1. The van der Waals surface area contributed by atoms with Gasteiger partial charge in [-0.2, -0.15) is 57.1 Å². The number of alkyl halides is 14. The predicted octanol–water partition coefficient (Wildman–Crippen LogP) is 3.33. The first kappa shape index (κ1) is 26.1. The Kier molecular flexibility index (Phi) is 6.32. The third-order valence-corrected chi connectivity index (χ3v) is 3.07. The van der Waals surface area contributed by atoms with Gasteiger partial charge in [-0.05, 0) is 0 Å². The van der Waals surface area contributed by atoms with Crippen LogP contribution in [-0.4, -0.2) is 109 Å². The van der Waals surface area contributed by atoms with E-state index >= 15 is 0 Å². The van der Waals surface area contributed by atoms with E-state index in [2.05, 4.69) is 0 Å². The van der Waals surface area contributed by atoms with Crippen LogP contribution in [0, 0.1) is 0 Å². The minimum Gasteiger partial charge on any atom is -0.478 e. The van der Waals surface area contributed by atoms with E-state index in [0.29, 0.717) is 0 Å². The number of aliphatic carboxylic acids is 1. The molecule has 1 atom stereocenters. The fourth-order valence-electron chi connectivity index (χ4n) is 1.76. The number of hydrogen-bond acceptors (Lipinski definition) is 2. The maximum atomic E-state index is 13.6. The van der Waals surface area contributed by atoms with Gasteiger partial charge in [-0.3, -0.25) is 0 Å². The molecule has 1 aliphatic heterocycles. The minimum absolute atomic E-state index is 0. The van der Waals surface area contributed by atoms with Crippen molar-refractivity contribution < 1.29 is 71.4 Å². The van der Waals surface area contributed by atoms with Crippen LogP contribution in [0.4, 0.5) is 61.5 Å². The number of carboxylic acid groups (broad SMARTS) is 1. The van der Waals surface area contributed by atoms with Gasteiger partial charge in [-0.25, -0.2) is 9.18 Å². The van der Waals surface area contributed by atoms with Crippen molar-refractivity contribution >= 4 is 57.4 Å². The van der Waals surface area contributed by atoms with Crippen LogP contribution in [-0.2, 0) is 4.79 Å². The summed E-state index contributed by atoms with van der Waals surface area (Å²) in [5, 5.41) is 7.97. The quantitative estimate of drug-likeness (QED) is 0.401. The number of halogens is 14. The van der Waals surface area contributed by atoms with Crippen LogP contribution in [0.25, 0.3) is 0 Å². The molecule has 149 valence electrons. The number of rotatable bonds is 2. The van der Waals surface area contributed by atoms with Crippen molar-refractivity contribution in [1.29, 1.82) is 0 Å². The van der Waals surface area contributed by atoms with Crippen molar-refractivity contribution in [2.75, 3.05) is 0 Å². The molecule has 26 heavy (non-hydrogen) atoms. The molecule has 0 aliphatic carbocycles. The summed E-state index contributed by atoms with van der Waals surface area (Å²) >= 11 is 0. The Morgan fingerprint density at radius 1 is 0.692 bits per heavy atom. The van der Waals surface area contributed by atoms with Gasteiger partial charge in [-0.1, -0.05) is 0 Å². The second-order valence-corrected chi connectivity index (χ2v) is 4.57. The molecule has 0 aromatic heterocycles. The summed E-state index contributed by atoms with van der Waals surface area (Å²) in [7, 11) is 0. The number of carboxylic acids is 1. The summed E-state index contributed by atoms with van der Waals surface area (Å²) in [5.41, 5.74) is 0. The molecule has 0 aromatic rings.